The van der Waals surface area contributed by atoms with Crippen molar-refractivity contribution in [2.75, 3.05) is 0 Å². The summed E-state index contributed by atoms with van der Waals surface area (Å²) in [6.07, 6.45) is 6.94. The summed E-state index contributed by atoms with van der Waals surface area (Å²) in [6, 6.07) is 0. The van der Waals surface area contributed by atoms with E-state index in [9.17, 15) is 5.11 Å². The molecule has 0 saturated carbocycles. The first kappa shape index (κ1) is 12.0. The molecule has 0 heterocycles. The van der Waals surface area contributed by atoms with E-state index in [-0.39, 0.29) is 6.10 Å². The average molecular weight is 172 g/mol. The lowest BCUT2D eigenvalue weighted by atomic mass is 9.99. The van der Waals surface area contributed by atoms with Gasteiger partial charge in [-0.3, -0.25) is 0 Å². The Bertz CT molecular complexity index is 79.0. The number of unbranched alkanes of at least 4 members (excludes halogenated alkanes) is 1. The summed E-state index contributed by atoms with van der Waals surface area (Å²) in [6.45, 7) is 6.58. The van der Waals surface area contributed by atoms with Gasteiger partial charge in [0.1, 0.15) is 0 Å². The molecule has 2 unspecified atom stereocenters. The van der Waals surface area contributed by atoms with E-state index >= 15 is 0 Å². The van der Waals surface area contributed by atoms with E-state index in [1.54, 1.807) is 0 Å². The van der Waals surface area contributed by atoms with Crippen molar-refractivity contribution in [1.29, 1.82) is 0 Å². The van der Waals surface area contributed by atoms with Crippen LogP contribution in [0.25, 0.3) is 0 Å². The Morgan fingerprint density at radius 1 is 1.00 bits per heavy atom. The summed E-state index contributed by atoms with van der Waals surface area (Å²) in [5, 5.41) is 9.28. The van der Waals surface area contributed by atoms with Gasteiger partial charge in [0, 0.05) is 0 Å². The van der Waals surface area contributed by atoms with Crippen LogP contribution < -0.4 is 0 Å². The fourth-order valence-electron chi connectivity index (χ4n) is 1.28. The van der Waals surface area contributed by atoms with Gasteiger partial charge in [0.2, 0.25) is 0 Å². The minimum atomic E-state index is -0.0538. The van der Waals surface area contributed by atoms with Crippen molar-refractivity contribution in [2.24, 2.45) is 5.92 Å². The highest BCUT2D eigenvalue weighted by molar-refractivity contribution is 4.55. The fourth-order valence-corrected chi connectivity index (χ4v) is 1.28. The molecule has 0 fully saturated rings. The highest BCUT2D eigenvalue weighted by Gasteiger charge is 2.01. The first-order valence-corrected chi connectivity index (χ1v) is 5.38. The van der Waals surface area contributed by atoms with Crippen molar-refractivity contribution in [3.8, 4) is 0 Å². The van der Waals surface area contributed by atoms with Gasteiger partial charge in [-0.1, -0.05) is 46.5 Å². The van der Waals surface area contributed by atoms with Crippen LogP contribution in [0.1, 0.15) is 59.3 Å². The molecular weight excluding hydrogens is 148 g/mol. The van der Waals surface area contributed by atoms with Crippen LogP contribution in [0.4, 0.5) is 0 Å². The summed E-state index contributed by atoms with van der Waals surface area (Å²) in [7, 11) is 0. The third-order valence-electron chi connectivity index (χ3n) is 2.65. The summed E-state index contributed by atoms with van der Waals surface area (Å²) < 4.78 is 0. The Morgan fingerprint density at radius 3 is 2.08 bits per heavy atom. The Balaban J connectivity index is 3.10. The van der Waals surface area contributed by atoms with E-state index in [1.165, 1.54) is 25.7 Å². The van der Waals surface area contributed by atoms with Gasteiger partial charge >= 0.3 is 0 Å². The molecule has 1 nitrogen and oxygen atoms in total. The minimum absolute atomic E-state index is 0.0538. The van der Waals surface area contributed by atoms with Crippen molar-refractivity contribution in [1.82, 2.24) is 0 Å². The zero-order valence-corrected chi connectivity index (χ0v) is 8.84. The second-order valence-electron chi connectivity index (χ2n) is 3.86. The maximum Gasteiger partial charge on any atom is 0.0537 e. The zero-order valence-electron chi connectivity index (χ0n) is 8.84. The lowest BCUT2D eigenvalue weighted by molar-refractivity contribution is 0.156. The Hall–Kier alpha value is -0.0400. The van der Waals surface area contributed by atoms with E-state index in [0.717, 1.165) is 18.8 Å². The third-order valence-corrected chi connectivity index (χ3v) is 2.65. The van der Waals surface area contributed by atoms with Crippen molar-refractivity contribution < 1.29 is 5.11 Å². The van der Waals surface area contributed by atoms with Gasteiger partial charge in [0.25, 0.3) is 0 Å². The Morgan fingerprint density at radius 2 is 1.58 bits per heavy atom. The predicted molar refractivity (Wildman–Crippen MR) is 54.2 cm³/mol. The molecule has 0 aliphatic heterocycles. The van der Waals surface area contributed by atoms with Crippen LogP contribution in [0, 0.1) is 5.92 Å². The molecule has 0 radical (unpaired) electrons. The summed E-state index contributed by atoms with van der Waals surface area (Å²) >= 11 is 0. The molecule has 0 saturated heterocycles. The molecule has 1 N–H and O–H groups in total. The van der Waals surface area contributed by atoms with Crippen LogP contribution in [0.5, 0.6) is 0 Å². The molecule has 0 aliphatic rings. The quantitative estimate of drug-likeness (QED) is 0.584. The smallest absolute Gasteiger partial charge is 0.0537 e. The molecule has 74 valence electrons. The normalized spacial score (nSPS) is 16.0. The summed E-state index contributed by atoms with van der Waals surface area (Å²) in [5.74, 6) is 0.865. The molecule has 1 heteroatoms. The maximum atomic E-state index is 9.28. The molecule has 0 aromatic rings. The van der Waals surface area contributed by atoms with E-state index in [1.807, 2.05) is 6.92 Å². The number of rotatable bonds is 7. The molecule has 0 bridgehead atoms. The molecule has 0 aliphatic carbocycles. The van der Waals surface area contributed by atoms with Crippen molar-refractivity contribution in [3.63, 3.8) is 0 Å². The second-order valence-corrected chi connectivity index (χ2v) is 3.86. The van der Waals surface area contributed by atoms with Gasteiger partial charge in [-0.15, -0.1) is 0 Å². The van der Waals surface area contributed by atoms with Crippen LogP contribution >= 0.6 is 0 Å². The van der Waals surface area contributed by atoms with E-state index < -0.39 is 0 Å². The molecule has 0 spiro atoms. The van der Waals surface area contributed by atoms with Crippen molar-refractivity contribution >= 4 is 0 Å². The highest BCUT2D eigenvalue weighted by atomic mass is 16.3. The first-order chi connectivity index (χ1) is 5.70. The predicted octanol–water partition coefficient (Wildman–Crippen LogP) is 3.36. The van der Waals surface area contributed by atoms with Crippen LogP contribution in [0.2, 0.25) is 0 Å². The maximum absolute atomic E-state index is 9.28. The van der Waals surface area contributed by atoms with Crippen molar-refractivity contribution in [3.05, 3.63) is 0 Å². The van der Waals surface area contributed by atoms with Crippen LogP contribution in [0.3, 0.4) is 0 Å². The van der Waals surface area contributed by atoms with Gasteiger partial charge in [-0.2, -0.15) is 0 Å². The van der Waals surface area contributed by atoms with Gasteiger partial charge in [-0.05, 0) is 18.8 Å². The standard InChI is InChI=1S/C11H24O/c1-4-10(3)8-6-7-9-11(12)5-2/h10-12H,4-9H2,1-3H3. The van der Waals surface area contributed by atoms with Gasteiger partial charge < -0.3 is 5.11 Å². The molecule has 0 aromatic carbocycles. The van der Waals surface area contributed by atoms with E-state index in [0.29, 0.717) is 0 Å². The highest BCUT2D eigenvalue weighted by Crippen LogP contribution is 2.13. The van der Waals surface area contributed by atoms with Crippen molar-refractivity contribution in [2.45, 2.75) is 65.4 Å². The van der Waals surface area contributed by atoms with Gasteiger partial charge in [0.05, 0.1) is 6.10 Å². The molecular formula is C11H24O. The van der Waals surface area contributed by atoms with Crippen LogP contribution in [-0.4, -0.2) is 11.2 Å². The lowest BCUT2D eigenvalue weighted by Gasteiger charge is -2.09. The SMILES string of the molecule is CCC(C)CCCCC(O)CC. The third kappa shape index (κ3) is 6.66. The Kier molecular flexibility index (Phi) is 7.58. The van der Waals surface area contributed by atoms with E-state index in [2.05, 4.69) is 13.8 Å². The minimum Gasteiger partial charge on any atom is -0.393 e. The van der Waals surface area contributed by atoms with Crippen LogP contribution in [-0.2, 0) is 0 Å². The summed E-state index contributed by atoms with van der Waals surface area (Å²) in [5.41, 5.74) is 0. The van der Waals surface area contributed by atoms with E-state index in [4.69, 9.17) is 0 Å². The molecule has 0 rings (SSSR count). The molecule has 2 atom stereocenters. The molecule has 0 aromatic heterocycles. The average Bonchev–Trinajstić information content (AvgIpc) is 2.11. The summed E-state index contributed by atoms with van der Waals surface area (Å²) in [4.78, 5) is 0. The first-order valence-electron chi connectivity index (χ1n) is 5.38. The number of aliphatic hydroxyl groups excluding tert-OH is 1. The Labute approximate surface area is 77.2 Å². The van der Waals surface area contributed by atoms with Gasteiger partial charge in [0.15, 0.2) is 0 Å². The van der Waals surface area contributed by atoms with Gasteiger partial charge in [-0.25, -0.2) is 0 Å². The molecule has 12 heavy (non-hydrogen) atoms. The molecule has 0 amide bonds. The largest absolute Gasteiger partial charge is 0.393 e. The lowest BCUT2D eigenvalue weighted by Crippen LogP contribution is -2.03. The monoisotopic (exact) mass is 172 g/mol. The number of hydrogen-bond donors (Lipinski definition) is 1. The topological polar surface area (TPSA) is 20.2 Å². The number of aliphatic hydroxyl groups is 1. The van der Waals surface area contributed by atoms with Crippen LogP contribution in [0.15, 0.2) is 0 Å². The number of hydrogen-bond acceptors (Lipinski definition) is 1. The fraction of sp³-hybridized carbons (Fsp3) is 1.00. The zero-order chi connectivity index (χ0) is 9.40. The second kappa shape index (κ2) is 7.60.